The highest BCUT2D eigenvalue weighted by atomic mass is 19.4. The summed E-state index contributed by atoms with van der Waals surface area (Å²) in [4.78, 5) is 15.8. The maximum Gasteiger partial charge on any atom is 0.405 e. The normalized spacial score (nSPS) is 11.4. The maximum absolute atomic E-state index is 12.2. The van der Waals surface area contributed by atoms with Crippen molar-refractivity contribution in [1.82, 2.24) is 20.5 Å². The molecule has 0 saturated carbocycles. The van der Waals surface area contributed by atoms with Gasteiger partial charge in [-0.05, 0) is 41.8 Å². The molecule has 10 heteroatoms. The molecule has 0 aliphatic rings. The fraction of sp³-hybridized carbons (Fsp3) is 0.222. The zero-order valence-corrected chi connectivity index (χ0v) is 14.8. The van der Waals surface area contributed by atoms with Crippen molar-refractivity contribution in [2.45, 2.75) is 19.5 Å². The van der Waals surface area contributed by atoms with Crippen molar-refractivity contribution >= 4 is 28.4 Å². The van der Waals surface area contributed by atoms with Gasteiger partial charge < -0.3 is 11.1 Å². The summed E-state index contributed by atoms with van der Waals surface area (Å²) in [7, 11) is 0. The van der Waals surface area contributed by atoms with Crippen molar-refractivity contribution < 1.29 is 18.0 Å². The second kappa shape index (κ2) is 7.67. The highest BCUT2D eigenvalue weighted by Crippen LogP contribution is 2.30. The number of urea groups is 1. The quantitative estimate of drug-likeness (QED) is 0.591. The number of amides is 2. The van der Waals surface area contributed by atoms with Gasteiger partial charge in [0.05, 0.1) is 5.69 Å². The van der Waals surface area contributed by atoms with E-state index in [-0.39, 0.29) is 5.82 Å². The van der Waals surface area contributed by atoms with E-state index in [1.54, 1.807) is 23.8 Å². The summed E-state index contributed by atoms with van der Waals surface area (Å²) >= 11 is 0. The Labute approximate surface area is 158 Å². The van der Waals surface area contributed by atoms with Crippen LogP contribution in [-0.4, -0.2) is 33.9 Å². The number of halogens is 3. The number of nitrogens with one attached hydrogen (secondary N) is 2. The third-order valence-corrected chi connectivity index (χ3v) is 4.01. The second-order valence-electron chi connectivity index (χ2n) is 6.04. The van der Waals surface area contributed by atoms with E-state index >= 15 is 0 Å². The molecule has 4 N–H and O–H groups in total. The number of hydrogen-bond donors (Lipinski definition) is 3. The molecule has 0 aliphatic carbocycles. The summed E-state index contributed by atoms with van der Waals surface area (Å²) in [6, 6.07) is 5.96. The molecule has 0 saturated heterocycles. The van der Waals surface area contributed by atoms with E-state index in [0.29, 0.717) is 16.6 Å². The van der Waals surface area contributed by atoms with Crippen LogP contribution in [0.25, 0.3) is 22.0 Å². The number of fused-ring (bicyclic) bond motifs is 1. The molecule has 0 bridgehead atoms. The van der Waals surface area contributed by atoms with E-state index < -0.39 is 18.8 Å². The largest absolute Gasteiger partial charge is 0.405 e. The van der Waals surface area contributed by atoms with Gasteiger partial charge in [-0.15, -0.1) is 10.2 Å². The summed E-state index contributed by atoms with van der Waals surface area (Å²) in [6.07, 6.45) is -0.259. The number of alkyl halides is 3. The summed E-state index contributed by atoms with van der Waals surface area (Å²) in [6.45, 7) is 0.577. The number of aromatic nitrogens is 3. The van der Waals surface area contributed by atoms with E-state index in [1.807, 2.05) is 19.1 Å². The predicted molar refractivity (Wildman–Crippen MR) is 99.6 cm³/mol. The van der Waals surface area contributed by atoms with Crippen LogP contribution in [0.2, 0.25) is 0 Å². The highest BCUT2D eigenvalue weighted by molar-refractivity contribution is 5.96. The molecule has 3 aromatic rings. The molecular weight excluding hydrogens is 373 g/mol. The Morgan fingerprint density at radius 2 is 2.00 bits per heavy atom. The van der Waals surface area contributed by atoms with Gasteiger partial charge >= 0.3 is 12.2 Å². The van der Waals surface area contributed by atoms with Crippen LogP contribution in [0.4, 0.5) is 29.5 Å². The molecule has 0 unspecified atom stereocenters. The lowest BCUT2D eigenvalue weighted by molar-refractivity contribution is -0.122. The number of nitrogen functional groups attached to an aromatic ring is 1. The summed E-state index contributed by atoms with van der Waals surface area (Å²) in [5.74, 6) is 0.00521. The molecule has 2 amide bonds. The van der Waals surface area contributed by atoms with Crippen LogP contribution >= 0.6 is 0 Å². The Morgan fingerprint density at radius 1 is 1.21 bits per heavy atom. The summed E-state index contributed by atoms with van der Waals surface area (Å²) in [5, 5.41) is 12.3. The standard InChI is InChI=1S/C18H17F3N6O/c1-2-10-3-4-23-8-13(10)11-5-12-7-15(26-27-16(12)14(22)6-11)25-17(28)24-9-18(19,20)21/h3-8H,2,9,22H2,1H3,(H2,24,25,26,28). The van der Waals surface area contributed by atoms with Crippen molar-refractivity contribution in [3.8, 4) is 11.1 Å². The number of hydrogen-bond acceptors (Lipinski definition) is 5. The molecule has 1 aromatic carbocycles. The third-order valence-electron chi connectivity index (χ3n) is 4.01. The number of carbonyl (C=O) groups excluding carboxylic acids is 1. The fourth-order valence-electron chi connectivity index (χ4n) is 2.73. The van der Waals surface area contributed by atoms with Crippen molar-refractivity contribution in [2.24, 2.45) is 0 Å². The Balaban J connectivity index is 1.91. The van der Waals surface area contributed by atoms with E-state index in [1.165, 1.54) is 6.07 Å². The Kier molecular flexibility index (Phi) is 5.30. The zero-order chi connectivity index (χ0) is 20.3. The molecule has 0 atom stereocenters. The number of carbonyl (C=O) groups is 1. The van der Waals surface area contributed by atoms with Crippen molar-refractivity contribution in [3.63, 3.8) is 0 Å². The third kappa shape index (κ3) is 4.45. The minimum Gasteiger partial charge on any atom is -0.397 e. The first kappa shape index (κ1) is 19.3. The molecule has 3 rings (SSSR count). The Hall–Kier alpha value is -3.43. The lowest BCUT2D eigenvalue weighted by Crippen LogP contribution is -2.36. The molecule has 2 aromatic heterocycles. The van der Waals surface area contributed by atoms with Crippen LogP contribution in [0, 0.1) is 0 Å². The van der Waals surface area contributed by atoms with Gasteiger partial charge in [-0.1, -0.05) is 6.92 Å². The molecular formula is C18H17F3N6O. The number of nitrogens with two attached hydrogens (primary N) is 1. The van der Waals surface area contributed by atoms with E-state index in [9.17, 15) is 18.0 Å². The average molecular weight is 390 g/mol. The molecule has 0 radical (unpaired) electrons. The van der Waals surface area contributed by atoms with E-state index in [0.717, 1.165) is 23.1 Å². The average Bonchev–Trinajstić information content (AvgIpc) is 2.65. The number of rotatable bonds is 4. The number of pyridine rings is 1. The van der Waals surface area contributed by atoms with Crippen molar-refractivity contribution in [1.29, 1.82) is 0 Å². The van der Waals surface area contributed by atoms with Gasteiger partial charge in [0.25, 0.3) is 0 Å². The first-order valence-electron chi connectivity index (χ1n) is 8.38. The number of nitrogens with zero attached hydrogens (tertiary/aromatic N) is 3. The monoisotopic (exact) mass is 390 g/mol. The molecule has 0 aliphatic heterocycles. The smallest absolute Gasteiger partial charge is 0.397 e. The lowest BCUT2D eigenvalue weighted by Gasteiger charge is -2.11. The van der Waals surface area contributed by atoms with Crippen molar-refractivity contribution in [2.75, 3.05) is 17.6 Å². The number of aryl methyl sites for hydroxylation is 1. The summed E-state index contributed by atoms with van der Waals surface area (Å²) in [5.41, 5.74) is 9.71. The van der Waals surface area contributed by atoms with Gasteiger partial charge in [0.2, 0.25) is 0 Å². The number of anilines is 2. The van der Waals surface area contributed by atoms with Crippen LogP contribution in [0.1, 0.15) is 12.5 Å². The maximum atomic E-state index is 12.2. The zero-order valence-electron chi connectivity index (χ0n) is 14.8. The summed E-state index contributed by atoms with van der Waals surface area (Å²) < 4.78 is 36.6. The molecule has 0 fully saturated rings. The van der Waals surface area contributed by atoms with Crippen LogP contribution < -0.4 is 16.4 Å². The SMILES string of the molecule is CCc1ccncc1-c1cc(N)c2nnc(NC(=O)NCC(F)(F)F)cc2c1. The van der Waals surface area contributed by atoms with Gasteiger partial charge in [0, 0.05) is 23.3 Å². The Bertz CT molecular complexity index is 1020. The van der Waals surface area contributed by atoms with Gasteiger partial charge in [-0.2, -0.15) is 13.2 Å². The van der Waals surface area contributed by atoms with Crippen LogP contribution in [0.15, 0.2) is 36.7 Å². The fourth-order valence-corrected chi connectivity index (χ4v) is 2.73. The van der Waals surface area contributed by atoms with E-state index in [2.05, 4.69) is 20.5 Å². The van der Waals surface area contributed by atoms with Crippen molar-refractivity contribution in [3.05, 3.63) is 42.2 Å². The second-order valence-corrected chi connectivity index (χ2v) is 6.04. The van der Waals surface area contributed by atoms with Gasteiger partial charge in [0.1, 0.15) is 12.1 Å². The topological polar surface area (TPSA) is 106 Å². The van der Waals surface area contributed by atoms with Gasteiger partial charge in [-0.25, -0.2) is 4.79 Å². The van der Waals surface area contributed by atoms with Gasteiger partial charge in [-0.3, -0.25) is 10.3 Å². The Morgan fingerprint density at radius 3 is 2.71 bits per heavy atom. The minimum absolute atomic E-state index is 0.00521. The first-order valence-corrected chi connectivity index (χ1v) is 8.38. The van der Waals surface area contributed by atoms with Gasteiger partial charge in [0.15, 0.2) is 5.82 Å². The van der Waals surface area contributed by atoms with Crippen LogP contribution in [0.3, 0.4) is 0 Å². The van der Waals surface area contributed by atoms with Crippen LogP contribution in [0.5, 0.6) is 0 Å². The lowest BCUT2D eigenvalue weighted by atomic mass is 9.98. The molecule has 7 nitrogen and oxygen atoms in total. The molecule has 0 spiro atoms. The first-order chi connectivity index (χ1) is 13.3. The predicted octanol–water partition coefficient (Wildman–Crippen LogP) is 3.52. The van der Waals surface area contributed by atoms with Crippen LogP contribution in [-0.2, 0) is 6.42 Å². The molecule has 146 valence electrons. The molecule has 2 heterocycles. The van der Waals surface area contributed by atoms with E-state index in [4.69, 9.17) is 5.73 Å². The number of benzene rings is 1. The minimum atomic E-state index is -4.50. The molecule has 28 heavy (non-hydrogen) atoms. The highest BCUT2D eigenvalue weighted by Gasteiger charge is 2.27.